The number of piperidine rings is 2. The number of nitrogens with zero attached hydrogens (tertiary/aromatic N) is 3. The number of fused-ring (bicyclic) bond motifs is 1. The highest BCUT2D eigenvalue weighted by atomic mass is 16.5. The Balaban J connectivity index is 1.13. The fourth-order valence-corrected chi connectivity index (χ4v) is 4.50. The van der Waals surface area contributed by atoms with Crippen molar-refractivity contribution in [2.24, 2.45) is 11.8 Å². The number of urea groups is 1. The summed E-state index contributed by atoms with van der Waals surface area (Å²) < 4.78 is 5.30. The average Bonchev–Trinajstić information content (AvgIpc) is 3.10. The summed E-state index contributed by atoms with van der Waals surface area (Å²) in [5.74, 6) is 1.06. The third-order valence-corrected chi connectivity index (χ3v) is 6.07. The van der Waals surface area contributed by atoms with Crippen LogP contribution in [0, 0.1) is 11.8 Å². The van der Waals surface area contributed by atoms with Crippen molar-refractivity contribution in [3.63, 3.8) is 0 Å². The summed E-state index contributed by atoms with van der Waals surface area (Å²) in [5.41, 5.74) is 0. The quantitative estimate of drug-likeness (QED) is 0.544. The Morgan fingerprint density at radius 2 is 1.69 bits per heavy atom. The Morgan fingerprint density at radius 1 is 1.04 bits per heavy atom. The van der Waals surface area contributed by atoms with Crippen LogP contribution in [-0.4, -0.2) is 91.1 Å². The Labute approximate surface area is 153 Å². The van der Waals surface area contributed by atoms with Gasteiger partial charge in [0, 0.05) is 51.6 Å². The van der Waals surface area contributed by atoms with Gasteiger partial charge < -0.3 is 19.9 Å². The van der Waals surface area contributed by atoms with Crippen LogP contribution < -0.4 is 5.32 Å². The van der Waals surface area contributed by atoms with E-state index in [2.05, 4.69) is 5.32 Å². The van der Waals surface area contributed by atoms with Crippen molar-refractivity contribution in [1.29, 1.82) is 0 Å². The monoisotopic (exact) mass is 364 g/mol. The van der Waals surface area contributed by atoms with Crippen LogP contribution in [0.15, 0.2) is 0 Å². The van der Waals surface area contributed by atoms with E-state index in [-0.39, 0.29) is 17.8 Å². The van der Waals surface area contributed by atoms with Gasteiger partial charge in [0.15, 0.2) is 0 Å². The number of nitrogens with one attached hydrogen (secondary N) is 1. The molecule has 1 N–H and O–H groups in total. The summed E-state index contributed by atoms with van der Waals surface area (Å²) in [4.78, 5) is 41.3. The lowest BCUT2D eigenvalue weighted by Crippen LogP contribution is -2.48. The molecule has 1 saturated carbocycles. The molecule has 0 aromatic heterocycles. The van der Waals surface area contributed by atoms with Crippen molar-refractivity contribution in [2.45, 2.75) is 31.7 Å². The number of hydrogen-bond acceptors (Lipinski definition) is 5. The molecule has 26 heavy (non-hydrogen) atoms. The SMILES string of the molecule is O=C(N1CCOCC1)N1CC2C(C1)C2NCCCN1C(=O)CCCC1=O. The lowest BCUT2D eigenvalue weighted by Gasteiger charge is -2.32. The third-order valence-electron chi connectivity index (χ3n) is 6.07. The van der Waals surface area contributed by atoms with E-state index in [0.29, 0.717) is 70.0 Å². The summed E-state index contributed by atoms with van der Waals surface area (Å²) >= 11 is 0. The number of likely N-dealkylation sites (tertiary alicyclic amines) is 2. The highest BCUT2D eigenvalue weighted by Gasteiger charge is 2.56. The van der Waals surface area contributed by atoms with Crippen LogP contribution in [0.2, 0.25) is 0 Å². The Kier molecular flexibility index (Phi) is 5.13. The maximum Gasteiger partial charge on any atom is 0.320 e. The fraction of sp³-hybridized carbons (Fsp3) is 0.833. The van der Waals surface area contributed by atoms with E-state index in [1.54, 1.807) is 0 Å². The van der Waals surface area contributed by atoms with E-state index >= 15 is 0 Å². The highest BCUT2D eigenvalue weighted by Crippen LogP contribution is 2.45. The normalized spacial score (nSPS) is 31.4. The topological polar surface area (TPSA) is 82.2 Å². The summed E-state index contributed by atoms with van der Waals surface area (Å²) in [5, 5.41) is 3.55. The van der Waals surface area contributed by atoms with Crippen LogP contribution in [0.3, 0.4) is 0 Å². The minimum Gasteiger partial charge on any atom is -0.378 e. The molecule has 1 aliphatic carbocycles. The molecule has 0 bridgehead atoms. The van der Waals surface area contributed by atoms with Gasteiger partial charge in [-0.15, -0.1) is 0 Å². The summed E-state index contributed by atoms with van der Waals surface area (Å²) in [6, 6.07) is 0.637. The molecular weight excluding hydrogens is 336 g/mol. The van der Waals surface area contributed by atoms with Crippen molar-refractivity contribution in [2.75, 3.05) is 52.5 Å². The second-order valence-electron chi connectivity index (χ2n) is 7.74. The summed E-state index contributed by atoms with van der Waals surface area (Å²) in [6.07, 6.45) is 2.49. The molecule has 0 spiro atoms. The number of carbonyl (C=O) groups excluding carboxylic acids is 3. The third kappa shape index (κ3) is 3.57. The van der Waals surface area contributed by atoms with Crippen molar-refractivity contribution in [3.8, 4) is 0 Å². The lowest BCUT2D eigenvalue weighted by atomic mass is 10.1. The van der Waals surface area contributed by atoms with E-state index < -0.39 is 0 Å². The zero-order chi connectivity index (χ0) is 18.1. The van der Waals surface area contributed by atoms with Crippen molar-refractivity contribution < 1.29 is 19.1 Å². The molecule has 0 aromatic rings. The van der Waals surface area contributed by atoms with Gasteiger partial charge in [0.2, 0.25) is 11.8 Å². The van der Waals surface area contributed by atoms with Gasteiger partial charge in [0.25, 0.3) is 0 Å². The zero-order valence-electron chi connectivity index (χ0n) is 15.2. The maximum absolute atomic E-state index is 12.5. The van der Waals surface area contributed by atoms with Gasteiger partial charge in [-0.1, -0.05) is 0 Å². The Bertz CT molecular complexity index is 550. The highest BCUT2D eigenvalue weighted by molar-refractivity contribution is 5.97. The first kappa shape index (κ1) is 17.7. The minimum atomic E-state index is -0.0261. The van der Waals surface area contributed by atoms with E-state index in [0.717, 1.165) is 26.1 Å². The number of hydrogen-bond donors (Lipinski definition) is 1. The first-order chi connectivity index (χ1) is 12.6. The predicted molar refractivity (Wildman–Crippen MR) is 93.3 cm³/mol. The van der Waals surface area contributed by atoms with Gasteiger partial charge in [-0.05, 0) is 31.2 Å². The summed E-state index contributed by atoms with van der Waals surface area (Å²) in [6.45, 7) is 5.67. The molecule has 3 aliphatic heterocycles. The molecule has 4 aliphatic rings. The van der Waals surface area contributed by atoms with E-state index in [9.17, 15) is 14.4 Å². The van der Waals surface area contributed by atoms with Crippen molar-refractivity contribution in [1.82, 2.24) is 20.0 Å². The smallest absolute Gasteiger partial charge is 0.320 e. The number of morpholine rings is 1. The van der Waals surface area contributed by atoms with Gasteiger partial charge in [-0.25, -0.2) is 4.79 Å². The second kappa shape index (κ2) is 7.52. The molecule has 3 heterocycles. The van der Waals surface area contributed by atoms with Crippen molar-refractivity contribution >= 4 is 17.8 Å². The molecule has 4 amide bonds. The number of ether oxygens (including phenoxy) is 1. The largest absolute Gasteiger partial charge is 0.378 e. The first-order valence-corrected chi connectivity index (χ1v) is 9.83. The van der Waals surface area contributed by atoms with Gasteiger partial charge in [0.05, 0.1) is 13.2 Å². The van der Waals surface area contributed by atoms with E-state index in [4.69, 9.17) is 4.74 Å². The van der Waals surface area contributed by atoms with Crippen LogP contribution >= 0.6 is 0 Å². The number of amides is 4. The molecule has 3 saturated heterocycles. The van der Waals surface area contributed by atoms with Crippen LogP contribution in [0.1, 0.15) is 25.7 Å². The molecule has 2 atom stereocenters. The second-order valence-corrected chi connectivity index (χ2v) is 7.74. The van der Waals surface area contributed by atoms with Crippen LogP contribution in [0.5, 0.6) is 0 Å². The van der Waals surface area contributed by atoms with Gasteiger partial charge in [-0.2, -0.15) is 0 Å². The molecule has 2 unspecified atom stereocenters. The fourth-order valence-electron chi connectivity index (χ4n) is 4.50. The molecule has 0 aromatic carbocycles. The van der Waals surface area contributed by atoms with Crippen LogP contribution in [0.4, 0.5) is 4.79 Å². The Morgan fingerprint density at radius 3 is 2.35 bits per heavy atom. The first-order valence-electron chi connectivity index (χ1n) is 9.83. The van der Waals surface area contributed by atoms with Gasteiger partial charge in [0.1, 0.15) is 0 Å². The molecule has 4 rings (SSSR count). The Hall–Kier alpha value is -1.67. The van der Waals surface area contributed by atoms with E-state index in [1.165, 1.54) is 4.90 Å². The van der Waals surface area contributed by atoms with Gasteiger partial charge >= 0.3 is 6.03 Å². The minimum absolute atomic E-state index is 0.0261. The predicted octanol–water partition coefficient (Wildman–Crippen LogP) is -0.112. The average molecular weight is 364 g/mol. The molecule has 0 radical (unpaired) electrons. The lowest BCUT2D eigenvalue weighted by molar-refractivity contribution is -0.147. The number of carbonyl (C=O) groups is 3. The standard InChI is InChI=1S/C18H28N4O4/c23-15-3-1-4-16(24)22(15)6-2-5-19-17-13-11-21(12-14(13)17)18(25)20-7-9-26-10-8-20/h13-14,17,19H,1-12H2. The molecule has 4 fully saturated rings. The van der Waals surface area contributed by atoms with Crippen LogP contribution in [-0.2, 0) is 14.3 Å². The van der Waals surface area contributed by atoms with Crippen molar-refractivity contribution in [3.05, 3.63) is 0 Å². The maximum atomic E-state index is 12.5. The van der Waals surface area contributed by atoms with Gasteiger partial charge in [-0.3, -0.25) is 14.5 Å². The molecule has 8 nitrogen and oxygen atoms in total. The number of rotatable bonds is 5. The zero-order valence-corrected chi connectivity index (χ0v) is 15.2. The summed E-state index contributed by atoms with van der Waals surface area (Å²) in [7, 11) is 0. The number of imide groups is 1. The van der Waals surface area contributed by atoms with E-state index in [1.807, 2.05) is 9.80 Å². The molecule has 8 heteroatoms. The molecule has 144 valence electrons. The van der Waals surface area contributed by atoms with Crippen LogP contribution in [0.25, 0.3) is 0 Å². The molecular formula is C18H28N4O4.